The minimum absolute atomic E-state index is 0.314. The second kappa shape index (κ2) is 4.49. The van der Waals surface area contributed by atoms with E-state index in [0.29, 0.717) is 25.0 Å². The molecule has 82 valence electrons. The molecule has 0 amide bonds. The van der Waals surface area contributed by atoms with Gasteiger partial charge in [0.2, 0.25) is 0 Å². The molecule has 1 aromatic carbocycles. The average Bonchev–Trinajstić information content (AvgIpc) is 2.70. The summed E-state index contributed by atoms with van der Waals surface area (Å²) in [5.74, 6) is 0.314. The van der Waals surface area contributed by atoms with E-state index < -0.39 is 0 Å². The van der Waals surface area contributed by atoms with Crippen LogP contribution in [0, 0.1) is 11.3 Å². The van der Waals surface area contributed by atoms with Gasteiger partial charge in [0.05, 0.1) is 11.5 Å². The monoisotopic (exact) mass is 213 g/mol. The van der Waals surface area contributed by atoms with Crippen LogP contribution >= 0.6 is 0 Å². The number of hydrogen-bond acceptors (Lipinski definition) is 2. The molecule has 0 heterocycles. The summed E-state index contributed by atoms with van der Waals surface area (Å²) in [4.78, 5) is 12.1. The first-order valence-electron chi connectivity index (χ1n) is 5.75. The molecule has 0 radical (unpaired) electrons. The van der Waals surface area contributed by atoms with Crippen LogP contribution in [0.3, 0.4) is 0 Å². The zero-order chi connectivity index (χ0) is 11.4. The molecule has 1 aliphatic rings. The summed E-state index contributed by atoms with van der Waals surface area (Å²) >= 11 is 0. The fraction of sp³-hybridized carbons (Fsp3) is 0.429. The van der Waals surface area contributed by atoms with Crippen LogP contribution in [0.5, 0.6) is 0 Å². The lowest BCUT2D eigenvalue weighted by atomic mass is 9.74. The lowest BCUT2D eigenvalue weighted by Crippen LogP contribution is -2.30. The Labute approximate surface area is 95.9 Å². The zero-order valence-electron chi connectivity index (χ0n) is 9.28. The van der Waals surface area contributed by atoms with Gasteiger partial charge in [-0.05, 0) is 24.8 Å². The molecule has 0 spiro atoms. The Morgan fingerprint density at radius 1 is 1.31 bits per heavy atom. The van der Waals surface area contributed by atoms with E-state index in [1.165, 1.54) is 0 Å². The molecule has 0 aliphatic heterocycles. The minimum Gasteiger partial charge on any atom is -0.299 e. The third-order valence-corrected chi connectivity index (χ3v) is 3.53. The van der Waals surface area contributed by atoms with Crippen LogP contribution in [0.25, 0.3) is 0 Å². The minimum atomic E-state index is -0.364. The van der Waals surface area contributed by atoms with Gasteiger partial charge in [0.1, 0.15) is 5.78 Å². The lowest BCUT2D eigenvalue weighted by Gasteiger charge is -2.27. The van der Waals surface area contributed by atoms with E-state index in [1.807, 2.05) is 30.3 Å². The maximum Gasteiger partial charge on any atom is 0.143 e. The number of carbonyl (C=O) groups excluding carboxylic acids is 1. The summed E-state index contributed by atoms with van der Waals surface area (Å²) in [6.45, 7) is 0. The first kappa shape index (κ1) is 10.9. The Kier molecular flexibility index (Phi) is 3.05. The summed E-state index contributed by atoms with van der Waals surface area (Å²) in [6.07, 6.45) is 3.66. The molecule has 1 aliphatic carbocycles. The van der Waals surface area contributed by atoms with Gasteiger partial charge in [0.25, 0.3) is 0 Å². The maximum absolute atomic E-state index is 12.1. The van der Waals surface area contributed by atoms with Crippen molar-refractivity contribution in [2.45, 2.75) is 37.5 Å². The smallest absolute Gasteiger partial charge is 0.143 e. The first-order chi connectivity index (χ1) is 7.79. The largest absolute Gasteiger partial charge is 0.299 e. The first-order valence-corrected chi connectivity index (χ1v) is 5.75. The van der Waals surface area contributed by atoms with Crippen molar-refractivity contribution in [3.05, 3.63) is 35.9 Å². The third kappa shape index (κ3) is 1.74. The van der Waals surface area contributed by atoms with Gasteiger partial charge in [-0.3, -0.25) is 4.79 Å². The SMILES string of the molecule is N#CCCC1(c2ccccc2)CCCC1=O. The number of ketones is 1. The molecule has 2 nitrogen and oxygen atoms in total. The van der Waals surface area contributed by atoms with Gasteiger partial charge in [-0.15, -0.1) is 0 Å². The average molecular weight is 213 g/mol. The standard InChI is InChI=1S/C14H15NO/c15-11-5-10-14(9-4-8-13(14)16)12-6-2-1-3-7-12/h1-3,6-7H,4-5,8-10H2. The number of carbonyl (C=O) groups is 1. The Bertz CT molecular complexity index is 418. The van der Waals surface area contributed by atoms with Crippen molar-refractivity contribution in [1.29, 1.82) is 5.26 Å². The summed E-state index contributed by atoms with van der Waals surface area (Å²) in [7, 11) is 0. The second-order valence-electron chi connectivity index (χ2n) is 4.38. The van der Waals surface area contributed by atoms with Crippen LogP contribution in [0.15, 0.2) is 30.3 Å². The van der Waals surface area contributed by atoms with Gasteiger partial charge in [-0.2, -0.15) is 5.26 Å². The van der Waals surface area contributed by atoms with Crippen LogP contribution in [0.1, 0.15) is 37.7 Å². The molecule has 2 rings (SSSR count). The zero-order valence-corrected chi connectivity index (χ0v) is 9.28. The fourth-order valence-electron chi connectivity index (χ4n) is 2.67. The van der Waals surface area contributed by atoms with Crippen LogP contribution < -0.4 is 0 Å². The summed E-state index contributed by atoms with van der Waals surface area (Å²) in [5.41, 5.74) is 0.726. The lowest BCUT2D eigenvalue weighted by molar-refractivity contribution is -0.122. The molecular weight excluding hydrogens is 198 g/mol. The molecular formula is C14H15NO. The van der Waals surface area contributed by atoms with Crippen LogP contribution in [0.4, 0.5) is 0 Å². The normalized spacial score (nSPS) is 24.3. The van der Waals surface area contributed by atoms with Crippen molar-refractivity contribution in [1.82, 2.24) is 0 Å². The molecule has 2 heteroatoms. The molecule has 1 atom stereocenters. The van der Waals surface area contributed by atoms with E-state index in [1.54, 1.807) is 0 Å². The topological polar surface area (TPSA) is 40.9 Å². The number of hydrogen-bond donors (Lipinski definition) is 0. The Morgan fingerprint density at radius 2 is 2.06 bits per heavy atom. The van der Waals surface area contributed by atoms with Crippen molar-refractivity contribution in [2.24, 2.45) is 0 Å². The number of benzene rings is 1. The van der Waals surface area contributed by atoms with Gasteiger partial charge in [0, 0.05) is 12.8 Å². The molecule has 1 fully saturated rings. The van der Waals surface area contributed by atoms with Crippen molar-refractivity contribution in [3.63, 3.8) is 0 Å². The quantitative estimate of drug-likeness (QED) is 0.774. The van der Waals surface area contributed by atoms with E-state index >= 15 is 0 Å². The molecule has 0 aromatic heterocycles. The molecule has 0 bridgehead atoms. The van der Waals surface area contributed by atoms with Crippen molar-refractivity contribution in [3.8, 4) is 6.07 Å². The predicted molar refractivity (Wildman–Crippen MR) is 61.8 cm³/mol. The fourth-order valence-corrected chi connectivity index (χ4v) is 2.67. The van der Waals surface area contributed by atoms with E-state index in [-0.39, 0.29) is 5.41 Å². The predicted octanol–water partition coefficient (Wildman–Crippen LogP) is 2.98. The Morgan fingerprint density at radius 3 is 2.62 bits per heavy atom. The van der Waals surface area contributed by atoms with Gasteiger partial charge in [-0.1, -0.05) is 30.3 Å². The van der Waals surface area contributed by atoms with Crippen LogP contribution in [0.2, 0.25) is 0 Å². The van der Waals surface area contributed by atoms with Crippen molar-refractivity contribution < 1.29 is 4.79 Å². The summed E-state index contributed by atoms with van der Waals surface area (Å²) < 4.78 is 0. The van der Waals surface area contributed by atoms with E-state index in [9.17, 15) is 4.79 Å². The number of nitriles is 1. The van der Waals surface area contributed by atoms with E-state index in [4.69, 9.17) is 5.26 Å². The summed E-state index contributed by atoms with van der Waals surface area (Å²) in [5, 5.41) is 8.71. The molecule has 0 N–H and O–H groups in total. The van der Waals surface area contributed by atoms with Gasteiger partial charge in [-0.25, -0.2) is 0 Å². The van der Waals surface area contributed by atoms with E-state index in [0.717, 1.165) is 18.4 Å². The number of Topliss-reactive ketones (excluding diaryl/α,β-unsaturated/α-hetero) is 1. The second-order valence-corrected chi connectivity index (χ2v) is 4.38. The third-order valence-electron chi connectivity index (χ3n) is 3.53. The molecule has 16 heavy (non-hydrogen) atoms. The van der Waals surface area contributed by atoms with Gasteiger partial charge >= 0.3 is 0 Å². The molecule has 0 saturated heterocycles. The van der Waals surface area contributed by atoms with Crippen molar-refractivity contribution >= 4 is 5.78 Å². The number of rotatable bonds is 3. The maximum atomic E-state index is 12.1. The number of nitrogens with zero attached hydrogens (tertiary/aromatic N) is 1. The van der Waals surface area contributed by atoms with Crippen molar-refractivity contribution in [2.75, 3.05) is 0 Å². The van der Waals surface area contributed by atoms with Crippen LogP contribution in [-0.4, -0.2) is 5.78 Å². The Balaban J connectivity index is 2.35. The highest BCUT2D eigenvalue weighted by molar-refractivity contribution is 5.92. The highest BCUT2D eigenvalue weighted by Gasteiger charge is 2.42. The van der Waals surface area contributed by atoms with E-state index in [2.05, 4.69) is 6.07 Å². The van der Waals surface area contributed by atoms with Gasteiger partial charge < -0.3 is 0 Å². The van der Waals surface area contributed by atoms with Gasteiger partial charge in [0.15, 0.2) is 0 Å². The molecule has 1 aromatic rings. The molecule has 1 saturated carbocycles. The van der Waals surface area contributed by atoms with Crippen LogP contribution in [-0.2, 0) is 10.2 Å². The summed E-state index contributed by atoms with van der Waals surface area (Å²) in [6, 6.07) is 12.1. The highest BCUT2D eigenvalue weighted by Crippen LogP contribution is 2.41. The molecule has 1 unspecified atom stereocenters. The Hall–Kier alpha value is -1.62. The highest BCUT2D eigenvalue weighted by atomic mass is 16.1.